The number of amides is 1. The first-order chi connectivity index (χ1) is 16.2. The Kier molecular flexibility index (Phi) is 10.3. The summed E-state index contributed by atoms with van der Waals surface area (Å²) in [5.74, 6) is 1.03. The molecule has 33 heavy (non-hydrogen) atoms. The number of aryl methyl sites for hydroxylation is 1. The number of carbonyl (C=O) groups is 1. The van der Waals surface area contributed by atoms with Crippen molar-refractivity contribution in [3.8, 4) is 11.5 Å². The molecule has 3 rings (SSSR count). The molecular formula is C28H32BrNO3. The number of halogens is 1. The lowest BCUT2D eigenvalue weighted by Gasteiger charge is -2.15. The van der Waals surface area contributed by atoms with Gasteiger partial charge in [-0.15, -0.1) is 0 Å². The fourth-order valence-electron chi connectivity index (χ4n) is 3.50. The number of benzene rings is 3. The van der Waals surface area contributed by atoms with Crippen LogP contribution in [0, 0.1) is 0 Å². The third-order valence-electron chi connectivity index (χ3n) is 5.29. The molecular weight excluding hydrogens is 478 g/mol. The molecule has 0 aliphatic heterocycles. The maximum Gasteiger partial charge on any atom is 0.259 e. The molecule has 0 aliphatic carbocycles. The van der Waals surface area contributed by atoms with E-state index in [1.54, 1.807) is 6.07 Å². The second-order valence-electron chi connectivity index (χ2n) is 7.94. The second-order valence-corrected chi connectivity index (χ2v) is 8.85. The van der Waals surface area contributed by atoms with E-state index >= 15 is 0 Å². The Morgan fingerprint density at radius 3 is 2.36 bits per heavy atom. The molecule has 1 amide bonds. The van der Waals surface area contributed by atoms with Gasteiger partial charge in [-0.2, -0.15) is 0 Å². The number of carbonyl (C=O) groups excluding carboxylic acids is 1. The molecule has 1 N–H and O–H groups in total. The van der Waals surface area contributed by atoms with Crippen molar-refractivity contribution >= 4 is 27.5 Å². The van der Waals surface area contributed by atoms with Crippen molar-refractivity contribution in [3.63, 3.8) is 0 Å². The zero-order chi connectivity index (χ0) is 23.3. The highest BCUT2D eigenvalue weighted by Gasteiger charge is 2.16. The third-order valence-corrected chi connectivity index (χ3v) is 5.78. The van der Waals surface area contributed by atoms with Gasteiger partial charge in [-0.3, -0.25) is 4.79 Å². The Hall–Kier alpha value is -2.79. The minimum absolute atomic E-state index is 0.222. The Morgan fingerprint density at radius 1 is 0.818 bits per heavy atom. The summed E-state index contributed by atoms with van der Waals surface area (Å²) in [5, 5.41) is 3.00. The van der Waals surface area contributed by atoms with Crippen LogP contribution in [0.4, 0.5) is 5.69 Å². The lowest BCUT2D eigenvalue weighted by molar-refractivity contribution is 0.102. The van der Waals surface area contributed by atoms with Crippen molar-refractivity contribution < 1.29 is 14.3 Å². The molecule has 0 spiro atoms. The molecule has 174 valence electrons. The molecule has 3 aromatic carbocycles. The van der Waals surface area contributed by atoms with Crippen molar-refractivity contribution in [1.82, 2.24) is 0 Å². The molecule has 3 aromatic rings. The SMILES string of the molecule is CCCCCCOc1ccc(Br)cc1C(=O)Nc1ccccc1OCCCc1ccccc1. The van der Waals surface area contributed by atoms with Crippen LogP contribution in [0.1, 0.15) is 54.9 Å². The van der Waals surface area contributed by atoms with Gasteiger partial charge in [0.25, 0.3) is 5.91 Å². The molecule has 0 saturated heterocycles. The number of hydrogen-bond acceptors (Lipinski definition) is 3. The van der Waals surface area contributed by atoms with Gasteiger partial charge in [0.05, 0.1) is 24.5 Å². The van der Waals surface area contributed by atoms with E-state index < -0.39 is 0 Å². The molecule has 0 aromatic heterocycles. The van der Waals surface area contributed by atoms with Crippen LogP contribution in [0.2, 0.25) is 0 Å². The van der Waals surface area contributed by atoms with Gasteiger partial charge in [0.15, 0.2) is 0 Å². The van der Waals surface area contributed by atoms with Crippen LogP contribution >= 0.6 is 15.9 Å². The summed E-state index contributed by atoms with van der Waals surface area (Å²) in [5.41, 5.74) is 2.44. The normalized spacial score (nSPS) is 10.6. The molecule has 0 saturated carbocycles. The van der Waals surface area contributed by atoms with E-state index in [0.29, 0.717) is 36.0 Å². The van der Waals surface area contributed by atoms with Crippen molar-refractivity contribution in [3.05, 3.63) is 88.4 Å². The minimum Gasteiger partial charge on any atom is -0.493 e. The van der Waals surface area contributed by atoms with E-state index in [4.69, 9.17) is 9.47 Å². The average molecular weight is 510 g/mol. The highest BCUT2D eigenvalue weighted by atomic mass is 79.9. The van der Waals surface area contributed by atoms with E-state index in [-0.39, 0.29) is 5.91 Å². The lowest BCUT2D eigenvalue weighted by atomic mass is 10.1. The second kappa shape index (κ2) is 13.7. The number of ether oxygens (including phenoxy) is 2. The Bertz CT molecular complexity index is 1010. The monoisotopic (exact) mass is 509 g/mol. The standard InChI is InChI=1S/C28H32BrNO3/c1-2-3-4-10-19-32-26-18-17-23(29)21-24(26)28(31)30-25-15-8-9-16-27(25)33-20-11-14-22-12-6-5-7-13-22/h5-9,12-13,15-18,21H,2-4,10-11,14,19-20H2,1H3,(H,30,31). The summed E-state index contributed by atoms with van der Waals surface area (Å²) in [6.45, 7) is 3.36. The smallest absolute Gasteiger partial charge is 0.259 e. The number of hydrogen-bond donors (Lipinski definition) is 1. The quantitative estimate of drug-likeness (QED) is 0.240. The minimum atomic E-state index is -0.222. The highest BCUT2D eigenvalue weighted by Crippen LogP contribution is 2.28. The first kappa shape index (κ1) is 24.8. The zero-order valence-electron chi connectivity index (χ0n) is 19.2. The summed E-state index contributed by atoms with van der Waals surface area (Å²) < 4.78 is 12.8. The van der Waals surface area contributed by atoms with Gasteiger partial charge in [0.2, 0.25) is 0 Å². The van der Waals surface area contributed by atoms with Crippen molar-refractivity contribution in [2.45, 2.75) is 45.4 Å². The predicted octanol–water partition coefficient (Wildman–Crippen LogP) is 7.67. The zero-order valence-corrected chi connectivity index (χ0v) is 20.8. The largest absolute Gasteiger partial charge is 0.493 e. The maximum atomic E-state index is 13.1. The van der Waals surface area contributed by atoms with Gasteiger partial charge in [-0.1, -0.05) is 84.6 Å². The summed E-state index contributed by atoms with van der Waals surface area (Å²) in [7, 11) is 0. The average Bonchev–Trinajstić information content (AvgIpc) is 2.84. The Balaban J connectivity index is 1.60. The molecule has 0 heterocycles. The predicted molar refractivity (Wildman–Crippen MR) is 138 cm³/mol. The molecule has 0 atom stereocenters. The first-order valence-electron chi connectivity index (χ1n) is 11.7. The van der Waals surface area contributed by atoms with Crippen LogP contribution in [0.5, 0.6) is 11.5 Å². The topological polar surface area (TPSA) is 47.6 Å². The molecule has 0 fully saturated rings. The maximum absolute atomic E-state index is 13.1. The van der Waals surface area contributed by atoms with Crippen LogP contribution in [-0.2, 0) is 6.42 Å². The molecule has 0 aliphatic rings. The number of unbranched alkanes of at least 4 members (excludes halogenated alkanes) is 3. The summed E-state index contributed by atoms with van der Waals surface area (Å²) in [6, 6.07) is 23.4. The Labute approximate surface area is 205 Å². The number of anilines is 1. The Morgan fingerprint density at radius 2 is 1.55 bits per heavy atom. The summed E-state index contributed by atoms with van der Waals surface area (Å²) in [4.78, 5) is 13.1. The van der Waals surface area contributed by atoms with Crippen LogP contribution in [0.3, 0.4) is 0 Å². The van der Waals surface area contributed by atoms with Gasteiger partial charge in [0, 0.05) is 4.47 Å². The van der Waals surface area contributed by atoms with Gasteiger partial charge in [-0.25, -0.2) is 0 Å². The van der Waals surface area contributed by atoms with Crippen LogP contribution in [0.15, 0.2) is 77.3 Å². The van der Waals surface area contributed by atoms with E-state index in [0.717, 1.165) is 30.2 Å². The highest BCUT2D eigenvalue weighted by molar-refractivity contribution is 9.10. The van der Waals surface area contributed by atoms with Crippen LogP contribution < -0.4 is 14.8 Å². The molecule has 5 heteroatoms. The van der Waals surface area contributed by atoms with Crippen molar-refractivity contribution in [1.29, 1.82) is 0 Å². The fourth-order valence-corrected chi connectivity index (χ4v) is 3.87. The van der Waals surface area contributed by atoms with Crippen molar-refractivity contribution in [2.24, 2.45) is 0 Å². The van der Waals surface area contributed by atoms with Gasteiger partial charge in [-0.05, 0) is 55.2 Å². The van der Waals surface area contributed by atoms with Gasteiger partial charge >= 0.3 is 0 Å². The molecule has 0 unspecified atom stereocenters. The summed E-state index contributed by atoms with van der Waals surface area (Å²) in [6.07, 6.45) is 6.33. The van der Waals surface area contributed by atoms with E-state index in [2.05, 4.69) is 40.3 Å². The van der Waals surface area contributed by atoms with E-state index in [9.17, 15) is 4.79 Å². The van der Waals surface area contributed by atoms with Crippen LogP contribution in [0.25, 0.3) is 0 Å². The number of nitrogens with one attached hydrogen (secondary N) is 1. The molecule has 0 bridgehead atoms. The van der Waals surface area contributed by atoms with E-state index in [1.807, 2.05) is 54.6 Å². The third kappa shape index (κ3) is 8.25. The van der Waals surface area contributed by atoms with Gasteiger partial charge in [0.1, 0.15) is 11.5 Å². The first-order valence-corrected chi connectivity index (χ1v) is 12.5. The summed E-state index contributed by atoms with van der Waals surface area (Å²) >= 11 is 3.47. The van der Waals surface area contributed by atoms with E-state index in [1.165, 1.54) is 18.4 Å². The molecule has 0 radical (unpaired) electrons. The van der Waals surface area contributed by atoms with Gasteiger partial charge < -0.3 is 14.8 Å². The lowest BCUT2D eigenvalue weighted by Crippen LogP contribution is -2.15. The van der Waals surface area contributed by atoms with Crippen molar-refractivity contribution in [2.75, 3.05) is 18.5 Å². The number of rotatable bonds is 13. The van der Waals surface area contributed by atoms with Crippen LogP contribution in [-0.4, -0.2) is 19.1 Å². The fraction of sp³-hybridized carbons (Fsp3) is 0.321. The molecule has 4 nitrogen and oxygen atoms in total. The number of para-hydroxylation sites is 2.